The van der Waals surface area contributed by atoms with Crippen LogP contribution in [0, 0.1) is 0 Å². The van der Waals surface area contributed by atoms with Gasteiger partial charge in [0.2, 0.25) is 0 Å². The maximum atomic E-state index is 12.2. The number of hydrogen-bond donors (Lipinski definition) is 1. The van der Waals surface area contributed by atoms with Crippen LogP contribution >= 0.6 is 24.0 Å². The molecule has 7 nitrogen and oxygen atoms in total. The van der Waals surface area contributed by atoms with Crippen molar-refractivity contribution in [1.29, 1.82) is 0 Å². The van der Waals surface area contributed by atoms with Crippen molar-refractivity contribution in [3.8, 4) is 0 Å². The highest BCUT2D eigenvalue weighted by Gasteiger charge is 2.24. The lowest BCUT2D eigenvalue weighted by Gasteiger charge is -2.36. The van der Waals surface area contributed by atoms with E-state index in [9.17, 15) is 4.79 Å². The summed E-state index contributed by atoms with van der Waals surface area (Å²) in [5.74, 6) is 1.19. The van der Waals surface area contributed by atoms with Gasteiger partial charge in [-0.05, 0) is 12.1 Å². The second-order valence-electron chi connectivity index (χ2n) is 4.72. The topological polar surface area (TPSA) is 70.3 Å². The van der Waals surface area contributed by atoms with Gasteiger partial charge in [0.05, 0.1) is 12.9 Å². The number of carbonyl (C=O) groups excluding carboxylic acids is 1. The molecule has 0 bridgehead atoms. The fourth-order valence-corrected chi connectivity index (χ4v) is 2.27. The maximum absolute atomic E-state index is 12.2. The first-order chi connectivity index (χ1) is 10.3. The summed E-state index contributed by atoms with van der Waals surface area (Å²) in [5, 5.41) is 3.24. The molecule has 1 aromatic heterocycles. The van der Waals surface area contributed by atoms with Gasteiger partial charge in [-0.1, -0.05) is 0 Å². The van der Waals surface area contributed by atoms with Crippen molar-refractivity contribution in [2.75, 3.05) is 53.5 Å². The van der Waals surface area contributed by atoms with E-state index in [-0.39, 0.29) is 29.9 Å². The molecule has 1 N–H and O–H groups in total. The third-order valence-corrected chi connectivity index (χ3v) is 3.40. The average molecular weight is 422 g/mol. The van der Waals surface area contributed by atoms with Gasteiger partial charge in [0.25, 0.3) is 5.91 Å². The third kappa shape index (κ3) is 4.87. The monoisotopic (exact) mass is 422 g/mol. The molecule has 1 aliphatic heterocycles. The van der Waals surface area contributed by atoms with Crippen LogP contribution in [0.25, 0.3) is 0 Å². The highest BCUT2D eigenvalue weighted by atomic mass is 127. The Labute approximate surface area is 147 Å². The SMILES string of the molecule is CN=C(NCCOC)N1CCN(C(=O)c2ccco2)CC1.I. The maximum Gasteiger partial charge on any atom is 0.289 e. The number of rotatable bonds is 4. The van der Waals surface area contributed by atoms with Crippen molar-refractivity contribution in [2.45, 2.75) is 0 Å². The van der Waals surface area contributed by atoms with Gasteiger partial charge in [-0.3, -0.25) is 9.79 Å². The largest absolute Gasteiger partial charge is 0.459 e. The normalized spacial score (nSPS) is 15.5. The number of amides is 1. The lowest BCUT2D eigenvalue weighted by Crippen LogP contribution is -2.54. The first kappa shape index (κ1) is 18.8. The van der Waals surface area contributed by atoms with Crippen LogP contribution in [0.1, 0.15) is 10.6 Å². The van der Waals surface area contributed by atoms with Crippen LogP contribution in [0.3, 0.4) is 0 Å². The van der Waals surface area contributed by atoms with Crippen molar-refractivity contribution < 1.29 is 13.9 Å². The Hall–Kier alpha value is -1.29. The first-order valence-electron chi connectivity index (χ1n) is 7.03. The molecule has 0 aliphatic carbocycles. The molecule has 2 heterocycles. The van der Waals surface area contributed by atoms with E-state index in [2.05, 4.69) is 15.2 Å². The molecule has 0 radical (unpaired) electrons. The van der Waals surface area contributed by atoms with Crippen molar-refractivity contribution >= 4 is 35.8 Å². The number of nitrogens with one attached hydrogen (secondary N) is 1. The molecule has 22 heavy (non-hydrogen) atoms. The number of piperazine rings is 1. The number of halogens is 1. The smallest absolute Gasteiger partial charge is 0.289 e. The summed E-state index contributed by atoms with van der Waals surface area (Å²) in [6, 6.07) is 3.42. The highest BCUT2D eigenvalue weighted by Crippen LogP contribution is 2.09. The lowest BCUT2D eigenvalue weighted by atomic mass is 10.3. The van der Waals surface area contributed by atoms with Crippen LogP contribution in [-0.4, -0.2) is 75.2 Å². The van der Waals surface area contributed by atoms with E-state index in [1.54, 1.807) is 31.2 Å². The predicted octanol–water partition coefficient (Wildman–Crippen LogP) is 0.877. The minimum absolute atomic E-state index is 0. The van der Waals surface area contributed by atoms with Gasteiger partial charge >= 0.3 is 0 Å². The summed E-state index contributed by atoms with van der Waals surface area (Å²) in [4.78, 5) is 20.4. The van der Waals surface area contributed by atoms with E-state index in [1.807, 2.05) is 0 Å². The zero-order valence-corrected chi connectivity index (χ0v) is 15.3. The van der Waals surface area contributed by atoms with Crippen molar-refractivity contribution in [2.24, 2.45) is 4.99 Å². The van der Waals surface area contributed by atoms with Crippen LogP contribution in [-0.2, 0) is 4.74 Å². The molecule has 2 rings (SSSR count). The molecule has 0 aromatic carbocycles. The Bertz CT molecular complexity index is 470. The van der Waals surface area contributed by atoms with E-state index in [0.717, 1.165) is 19.0 Å². The molecular formula is C14H23IN4O3. The number of hydrogen-bond acceptors (Lipinski definition) is 4. The van der Waals surface area contributed by atoms with Crippen LogP contribution in [0.5, 0.6) is 0 Å². The zero-order valence-electron chi connectivity index (χ0n) is 12.9. The molecule has 1 aliphatic rings. The van der Waals surface area contributed by atoms with Crippen molar-refractivity contribution in [1.82, 2.24) is 15.1 Å². The van der Waals surface area contributed by atoms with Gasteiger partial charge in [0, 0.05) is 46.9 Å². The van der Waals surface area contributed by atoms with E-state index >= 15 is 0 Å². The van der Waals surface area contributed by atoms with E-state index < -0.39 is 0 Å². The van der Waals surface area contributed by atoms with Crippen LogP contribution in [0.4, 0.5) is 0 Å². The van der Waals surface area contributed by atoms with Gasteiger partial charge in [-0.2, -0.15) is 0 Å². The number of guanidine groups is 1. The molecule has 0 atom stereocenters. The molecule has 0 unspecified atom stereocenters. The van der Waals surface area contributed by atoms with Gasteiger partial charge < -0.3 is 24.3 Å². The summed E-state index contributed by atoms with van der Waals surface area (Å²) in [6.07, 6.45) is 1.52. The lowest BCUT2D eigenvalue weighted by molar-refractivity contribution is 0.0657. The standard InChI is InChI=1S/C14H22N4O3.HI/c1-15-14(16-5-11-20-2)18-8-6-17(7-9-18)13(19)12-4-3-10-21-12;/h3-4,10H,5-9,11H2,1-2H3,(H,15,16);1H. The molecule has 1 saturated heterocycles. The van der Waals surface area contributed by atoms with Crippen LogP contribution in [0.15, 0.2) is 27.8 Å². The Morgan fingerprint density at radius 2 is 2.05 bits per heavy atom. The summed E-state index contributed by atoms with van der Waals surface area (Å²) < 4.78 is 10.2. The summed E-state index contributed by atoms with van der Waals surface area (Å²) >= 11 is 0. The Morgan fingerprint density at radius 1 is 1.36 bits per heavy atom. The highest BCUT2D eigenvalue weighted by molar-refractivity contribution is 14.0. The van der Waals surface area contributed by atoms with Crippen molar-refractivity contribution in [3.05, 3.63) is 24.2 Å². The molecule has 0 saturated carbocycles. The van der Waals surface area contributed by atoms with E-state index in [0.29, 0.717) is 32.0 Å². The minimum Gasteiger partial charge on any atom is -0.459 e. The Balaban J connectivity index is 0.00000242. The summed E-state index contributed by atoms with van der Waals surface area (Å²) in [7, 11) is 3.43. The van der Waals surface area contributed by atoms with Gasteiger partial charge in [0.1, 0.15) is 0 Å². The van der Waals surface area contributed by atoms with Crippen LogP contribution in [0.2, 0.25) is 0 Å². The van der Waals surface area contributed by atoms with Crippen LogP contribution < -0.4 is 5.32 Å². The molecule has 1 aromatic rings. The summed E-state index contributed by atoms with van der Waals surface area (Å²) in [6.45, 7) is 4.16. The fraction of sp³-hybridized carbons (Fsp3) is 0.571. The molecule has 124 valence electrons. The molecule has 8 heteroatoms. The number of aliphatic imine (C=N–C) groups is 1. The minimum atomic E-state index is -0.0537. The van der Waals surface area contributed by atoms with Gasteiger partial charge in [-0.25, -0.2) is 0 Å². The zero-order chi connectivity index (χ0) is 15.1. The molecule has 1 fully saturated rings. The first-order valence-corrected chi connectivity index (χ1v) is 7.03. The Kier molecular flexibility index (Phi) is 8.25. The number of carbonyl (C=O) groups is 1. The second-order valence-corrected chi connectivity index (χ2v) is 4.72. The number of methoxy groups -OCH3 is 1. The molecule has 1 amide bonds. The van der Waals surface area contributed by atoms with Gasteiger partial charge in [-0.15, -0.1) is 24.0 Å². The van der Waals surface area contributed by atoms with E-state index in [1.165, 1.54) is 6.26 Å². The van der Waals surface area contributed by atoms with E-state index in [4.69, 9.17) is 9.15 Å². The van der Waals surface area contributed by atoms with Gasteiger partial charge in [0.15, 0.2) is 11.7 Å². The fourth-order valence-electron chi connectivity index (χ4n) is 2.27. The average Bonchev–Trinajstić information content (AvgIpc) is 3.06. The molecule has 0 spiro atoms. The number of nitrogens with zero attached hydrogens (tertiary/aromatic N) is 3. The quantitative estimate of drug-likeness (QED) is 0.338. The molecular weight excluding hydrogens is 399 g/mol. The second kappa shape index (κ2) is 9.67. The third-order valence-electron chi connectivity index (χ3n) is 3.40. The number of ether oxygens (including phenoxy) is 1. The number of furan rings is 1. The summed E-state index contributed by atoms with van der Waals surface area (Å²) in [5.41, 5.74) is 0. The predicted molar refractivity (Wildman–Crippen MR) is 94.8 cm³/mol. The Morgan fingerprint density at radius 3 is 2.59 bits per heavy atom. The van der Waals surface area contributed by atoms with Crippen molar-refractivity contribution in [3.63, 3.8) is 0 Å².